The molecule has 2 amide bonds. The van der Waals surface area contributed by atoms with Crippen molar-refractivity contribution in [2.45, 2.75) is 43.4 Å². The van der Waals surface area contributed by atoms with Gasteiger partial charge in [0.25, 0.3) is 0 Å². The van der Waals surface area contributed by atoms with Gasteiger partial charge >= 0.3 is 0 Å². The third-order valence-corrected chi connectivity index (χ3v) is 6.30. The zero-order valence-corrected chi connectivity index (χ0v) is 18.7. The molecule has 2 heterocycles. The number of thioether (sulfide) groups is 1. The normalized spacial score (nSPS) is 14.2. The maximum absolute atomic E-state index is 12.3. The number of aromatic nitrogens is 3. The first-order valence-electron chi connectivity index (χ1n) is 9.38. The van der Waals surface area contributed by atoms with Crippen molar-refractivity contribution in [1.82, 2.24) is 25.2 Å². The van der Waals surface area contributed by atoms with Gasteiger partial charge in [-0.3, -0.25) is 9.59 Å². The molecule has 0 spiro atoms. The fourth-order valence-electron chi connectivity index (χ4n) is 2.86. The van der Waals surface area contributed by atoms with Gasteiger partial charge in [0.2, 0.25) is 21.8 Å². The number of rotatable bonds is 8. The molecule has 0 aliphatic carbocycles. The van der Waals surface area contributed by atoms with E-state index >= 15 is 0 Å². The molecule has 3 rings (SSSR count). The van der Waals surface area contributed by atoms with Crippen LogP contribution in [0.5, 0.6) is 0 Å². The van der Waals surface area contributed by atoms with Crippen molar-refractivity contribution in [3.8, 4) is 0 Å². The second-order valence-electron chi connectivity index (χ2n) is 6.73. The average molecular weight is 466 g/mol. The van der Waals surface area contributed by atoms with Gasteiger partial charge in [0.1, 0.15) is 6.54 Å². The second-order valence-corrected chi connectivity index (χ2v) is 9.24. The number of allylic oxidation sites excluding steroid dienone is 1. The lowest BCUT2D eigenvalue weighted by molar-refractivity contribution is -0.134. The molecular formula is C18H23N7O4S2. The minimum Gasteiger partial charge on any atom is -0.325 e. The molecule has 0 radical (unpaired) electrons. The van der Waals surface area contributed by atoms with Crippen LogP contribution in [0.2, 0.25) is 0 Å². The number of benzene rings is 1. The number of carbonyl (C=O) groups excluding carboxylic acids is 2. The number of hydrogen-bond donors (Lipinski definition) is 3. The number of nitrogens with two attached hydrogens (primary N) is 1. The van der Waals surface area contributed by atoms with E-state index in [1.807, 2.05) is 24.5 Å². The molecule has 13 heteroatoms. The fraction of sp³-hybridized carbons (Fsp3) is 0.333. The Balaban J connectivity index is 1.59. The van der Waals surface area contributed by atoms with Gasteiger partial charge in [-0.1, -0.05) is 17.8 Å². The summed E-state index contributed by atoms with van der Waals surface area (Å²) in [5.74, 6) is 0.352. The second kappa shape index (κ2) is 9.49. The van der Waals surface area contributed by atoms with E-state index in [2.05, 4.69) is 20.9 Å². The molecular weight excluding hydrogens is 442 g/mol. The van der Waals surface area contributed by atoms with E-state index in [4.69, 9.17) is 5.14 Å². The molecule has 11 nitrogen and oxygen atoms in total. The maximum Gasteiger partial charge on any atom is 0.245 e. The largest absolute Gasteiger partial charge is 0.325 e. The number of anilines is 1. The lowest BCUT2D eigenvalue weighted by atomic mass is 10.3. The number of nitrogens with one attached hydrogen (secondary N) is 2. The van der Waals surface area contributed by atoms with E-state index in [0.29, 0.717) is 29.6 Å². The van der Waals surface area contributed by atoms with E-state index in [1.54, 1.807) is 0 Å². The average Bonchev–Trinajstić information content (AvgIpc) is 3.10. The predicted molar refractivity (Wildman–Crippen MR) is 115 cm³/mol. The third kappa shape index (κ3) is 5.83. The molecule has 2 aromatic rings. The molecule has 4 N–H and O–H groups in total. The summed E-state index contributed by atoms with van der Waals surface area (Å²) >= 11 is 1.22. The monoisotopic (exact) mass is 465 g/mol. The van der Waals surface area contributed by atoms with Gasteiger partial charge in [0, 0.05) is 24.4 Å². The number of hydrazine groups is 1. The molecule has 0 unspecified atom stereocenters. The van der Waals surface area contributed by atoms with Crippen molar-refractivity contribution in [3.63, 3.8) is 0 Å². The van der Waals surface area contributed by atoms with Crippen molar-refractivity contribution in [3.05, 3.63) is 41.9 Å². The standard InChI is InChI=1S/C18H23N7O4S2/c1-3-24-15(10-25-17(27)9-4-12(2)23-25)21-22-18(24)30-11-16(26)20-13-5-7-14(8-6-13)31(19,28)29/h4-8,23H,3,9-11H2,1-2H3,(H,20,26)(H2,19,28,29). The molecule has 1 aliphatic rings. The number of amides is 2. The topological polar surface area (TPSA) is 152 Å². The molecule has 31 heavy (non-hydrogen) atoms. The van der Waals surface area contributed by atoms with Crippen molar-refractivity contribution >= 4 is 39.3 Å². The Morgan fingerprint density at radius 1 is 1.29 bits per heavy atom. The SMILES string of the molecule is CCn1c(CN2NC(C)=CCC2=O)nnc1SCC(=O)Nc1ccc(S(N)(=O)=O)cc1. The molecule has 0 fully saturated rings. The molecule has 0 atom stereocenters. The van der Waals surface area contributed by atoms with Crippen LogP contribution < -0.4 is 15.9 Å². The van der Waals surface area contributed by atoms with Crippen molar-refractivity contribution in [2.24, 2.45) is 5.14 Å². The van der Waals surface area contributed by atoms with Crippen LogP contribution in [0.1, 0.15) is 26.1 Å². The van der Waals surface area contributed by atoms with Crippen LogP contribution in [0.25, 0.3) is 0 Å². The summed E-state index contributed by atoms with van der Waals surface area (Å²) in [5, 5.41) is 18.1. The van der Waals surface area contributed by atoms with Crippen LogP contribution in [0.4, 0.5) is 5.69 Å². The Labute approximate surface area is 184 Å². The Bertz CT molecular complexity index is 1110. The number of sulfonamides is 1. The van der Waals surface area contributed by atoms with Gasteiger partial charge in [-0.2, -0.15) is 0 Å². The Hall–Kier alpha value is -2.90. The van der Waals surface area contributed by atoms with Crippen LogP contribution in [0, 0.1) is 0 Å². The van der Waals surface area contributed by atoms with Gasteiger partial charge in [-0.25, -0.2) is 18.6 Å². The highest BCUT2D eigenvalue weighted by molar-refractivity contribution is 7.99. The molecule has 0 saturated carbocycles. The minimum absolute atomic E-state index is 0.0317. The van der Waals surface area contributed by atoms with Crippen LogP contribution in [-0.2, 0) is 32.7 Å². The zero-order valence-electron chi connectivity index (χ0n) is 17.0. The highest BCUT2D eigenvalue weighted by Gasteiger charge is 2.21. The van der Waals surface area contributed by atoms with Crippen LogP contribution in [0.15, 0.2) is 46.1 Å². The van der Waals surface area contributed by atoms with E-state index < -0.39 is 10.0 Å². The first-order chi connectivity index (χ1) is 14.7. The highest BCUT2D eigenvalue weighted by Crippen LogP contribution is 2.20. The molecule has 1 aromatic carbocycles. The van der Waals surface area contributed by atoms with Crippen LogP contribution >= 0.6 is 11.8 Å². The summed E-state index contributed by atoms with van der Waals surface area (Å²) in [6.07, 6.45) is 2.16. The Morgan fingerprint density at radius 2 is 2.00 bits per heavy atom. The molecule has 166 valence electrons. The third-order valence-electron chi connectivity index (χ3n) is 4.40. The van der Waals surface area contributed by atoms with Crippen molar-refractivity contribution in [2.75, 3.05) is 11.1 Å². The zero-order chi connectivity index (χ0) is 22.6. The van der Waals surface area contributed by atoms with Crippen LogP contribution in [-0.4, -0.2) is 45.8 Å². The first kappa shape index (κ1) is 22.8. The number of nitrogens with zero attached hydrogens (tertiary/aromatic N) is 4. The predicted octanol–water partition coefficient (Wildman–Crippen LogP) is 0.817. The Morgan fingerprint density at radius 3 is 2.65 bits per heavy atom. The first-order valence-corrected chi connectivity index (χ1v) is 11.9. The maximum atomic E-state index is 12.3. The smallest absolute Gasteiger partial charge is 0.245 e. The van der Waals surface area contributed by atoms with Gasteiger partial charge < -0.3 is 15.3 Å². The molecule has 0 saturated heterocycles. The quantitative estimate of drug-likeness (QED) is 0.485. The van der Waals surface area contributed by atoms with Gasteiger partial charge in [0.05, 0.1) is 10.6 Å². The van der Waals surface area contributed by atoms with E-state index in [1.165, 1.54) is 41.0 Å². The van der Waals surface area contributed by atoms with Gasteiger partial charge in [-0.05, 0) is 38.1 Å². The van der Waals surface area contributed by atoms with Crippen molar-refractivity contribution < 1.29 is 18.0 Å². The Kier molecular flexibility index (Phi) is 6.97. The summed E-state index contributed by atoms with van der Waals surface area (Å²) in [7, 11) is -3.78. The summed E-state index contributed by atoms with van der Waals surface area (Å²) in [6, 6.07) is 5.58. The summed E-state index contributed by atoms with van der Waals surface area (Å²) in [5.41, 5.74) is 4.36. The number of carbonyl (C=O) groups is 2. The van der Waals surface area contributed by atoms with Gasteiger partial charge in [-0.15, -0.1) is 10.2 Å². The molecule has 0 bridgehead atoms. The highest BCUT2D eigenvalue weighted by atomic mass is 32.2. The molecule has 1 aromatic heterocycles. The van der Waals surface area contributed by atoms with E-state index in [9.17, 15) is 18.0 Å². The van der Waals surface area contributed by atoms with E-state index in [-0.39, 0.29) is 29.0 Å². The summed E-state index contributed by atoms with van der Waals surface area (Å²) < 4.78 is 24.4. The lowest BCUT2D eigenvalue weighted by Gasteiger charge is -2.27. The minimum atomic E-state index is -3.78. The number of primary sulfonamides is 1. The van der Waals surface area contributed by atoms with Gasteiger partial charge in [0.15, 0.2) is 11.0 Å². The summed E-state index contributed by atoms with van der Waals surface area (Å²) in [4.78, 5) is 24.3. The van der Waals surface area contributed by atoms with E-state index in [0.717, 1.165) is 5.70 Å². The summed E-state index contributed by atoms with van der Waals surface area (Å²) in [6.45, 7) is 4.65. The molecule has 1 aliphatic heterocycles. The van der Waals surface area contributed by atoms with Crippen LogP contribution in [0.3, 0.4) is 0 Å². The number of hydrogen-bond acceptors (Lipinski definition) is 8. The lowest BCUT2D eigenvalue weighted by Crippen LogP contribution is -2.44. The van der Waals surface area contributed by atoms with Crippen molar-refractivity contribution in [1.29, 1.82) is 0 Å². The fourth-order valence-corrected chi connectivity index (χ4v) is 4.19.